The van der Waals surface area contributed by atoms with E-state index in [0.717, 1.165) is 49.9 Å². The van der Waals surface area contributed by atoms with E-state index >= 15 is 0 Å². The Bertz CT molecular complexity index is 313. The van der Waals surface area contributed by atoms with Gasteiger partial charge in [-0.15, -0.1) is 12.4 Å². The molecule has 2 heterocycles. The van der Waals surface area contributed by atoms with Gasteiger partial charge in [-0.05, 0) is 36.5 Å². The van der Waals surface area contributed by atoms with Crippen LogP contribution in [0.3, 0.4) is 0 Å². The number of fused-ring (bicyclic) bond motifs is 2. The molecule has 4 rings (SSSR count). The number of halogens is 1. The maximum Gasteiger partial charge on any atom is 0.226 e. The normalized spacial score (nSPS) is 46.4. The van der Waals surface area contributed by atoms with Crippen molar-refractivity contribution < 1.29 is 4.79 Å². The molecule has 4 atom stereocenters. The van der Waals surface area contributed by atoms with E-state index in [1.807, 2.05) is 0 Å². The van der Waals surface area contributed by atoms with Gasteiger partial charge in [0.15, 0.2) is 0 Å². The number of rotatable bonds is 1. The first-order valence-electron chi connectivity index (χ1n) is 6.84. The first-order valence-corrected chi connectivity index (χ1v) is 6.84. The summed E-state index contributed by atoms with van der Waals surface area (Å²) < 4.78 is 0. The minimum atomic E-state index is 0. The quantitative estimate of drug-likeness (QED) is 0.763. The Kier molecular flexibility index (Phi) is 2.86. The van der Waals surface area contributed by atoms with Crippen LogP contribution < -0.4 is 5.32 Å². The van der Waals surface area contributed by atoms with Gasteiger partial charge >= 0.3 is 0 Å². The number of likely N-dealkylation sites (tertiary alicyclic amines) is 1. The van der Waals surface area contributed by atoms with Crippen LogP contribution in [0.15, 0.2) is 0 Å². The summed E-state index contributed by atoms with van der Waals surface area (Å²) in [4.78, 5) is 14.5. The van der Waals surface area contributed by atoms with E-state index in [4.69, 9.17) is 0 Å². The average molecular weight is 257 g/mol. The third kappa shape index (κ3) is 1.70. The van der Waals surface area contributed by atoms with E-state index in [9.17, 15) is 4.79 Å². The van der Waals surface area contributed by atoms with Crippen molar-refractivity contribution in [1.82, 2.24) is 10.2 Å². The van der Waals surface area contributed by atoms with Gasteiger partial charge < -0.3 is 10.2 Å². The molecule has 0 aromatic rings. The van der Waals surface area contributed by atoms with Crippen molar-refractivity contribution in [3.05, 3.63) is 0 Å². The number of hydrogen-bond acceptors (Lipinski definition) is 2. The highest BCUT2D eigenvalue weighted by Gasteiger charge is 2.58. The second kappa shape index (κ2) is 4.13. The van der Waals surface area contributed by atoms with E-state index in [0.29, 0.717) is 11.8 Å². The Hall–Kier alpha value is -0.280. The monoisotopic (exact) mass is 256 g/mol. The van der Waals surface area contributed by atoms with Crippen molar-refractivity contribution in [3.63, 3.8) is 0 Å². The molecule has 2 aliphatic carbocycles. The molecular formula is C13H21ClN2O. The van der Waals surface area contributed by atoms with Gasteiger partial charge in [-0.3, -0.25) is 4.79 Å². The van der Waals surface area contributed by atoms with Crippen molar-refractivity contribution >= 4 is 18.3 Å². The van der Waals surface area contributed by atoms with Crippen LogP contribution in [-0.4, -0.2) is 37.0 Å². The number of amides is 1. The average Bonchev–Trinajstić information content (AvgIpc) is 2.71. The molecule has 3 nitrogen and oxygen atoms in total. The Morgan fingerprint density at radius 3 is 2.24 bits per heavy atom. The SMILES string of the molecule is Cl.O=C(C1C2CCCC21)N1C[C@H]2CNC[C@H]2C1. The summed E-state index contributed by atoms with van der Waals surface area (Å²) in [5.74, 6) is 4.02. The van der Waals surface area contributed by atoms with Crippen molar-refractivity contribution in [2.24, 2.45) is 29.6 Å². The zero-order chi connectivity index (χ0) is 10.7. The Morgan fingerprint density at radius 1 is 1.06 bits per heavy atom. The second-order valence-electron chi connectivity index (χ2n) is 6.21. The summed E-state index contributed by atoms with van der Waals surface area (Å²) in [6.45, 7) is 4.33. The van der Waals surface area contributed by atoms with E-state index in [-0.39, 0.29) is 12.4 Å². The summed E-state index contributed by atoms with van der Waals surface area (Å²) in [6, 6.07) is 0. The van der Waals surface area contributed by atoms with Crippen LogP contribution in [0.1, 0.15) is 19.3 Å². The molecule has 0 spiro atoms. The first kappa shape index (κ1) is 11.8. The van der Waals surface area contributed by atoms with E-state index in [2.05, 4.69) is 10.2 Å². The largest absolute Gasteiger partial charge is 0.342 e. The molecule has 2 saturated heterocycles. The third-order valence-electron chi connectivity index (χ3n) is 5.39. The van der Waals surface area contributed by atoms with Crippen molar-refractivity contribution in [3.8, 4) is 0 Å². The highest BCUT2D eigenvalue weighted by atomic mass is 35.5. The summed E-state index contributed by atoms with van der Waals surface area (Å²) >= 11 is 0. The summed E-state index contributed by atoms with van der Waals surface area (Å²) in [5, 5.41) is 3.43. The van der Waals surface area contributed by atoms with Gasteiger partial charge in [0.2, 0.25) is 5.91 Å². The molecule has 4 aliphatic rings. The highest BCUT2D eigenvalue weighted by Crippen LogP contribution is 2.58. The van der Waals surface area contributed by atoms with Gasteiger partial charge in [0.25, 0.3) is 0 Å². The van der Waals surface area contributed by atoms with Gasteiger partial charge in [-0.2, -0.15) is 0 Å². The van der Waals surface area contributed by atoms with E-state index in [1.165, 1.54) is 19.3 Å². The lowest BCUT2D eigenvalue weighted by Gasteiger charge is -2.18. The maximum absolute atomic E-state index is 12.4. The maximum atomic E-state index is 12.4. The molecular weight excluding hydrogens is 236 g/mol. The number of hydrogen-bond donors (Lipinski definition) is 1. The van der Waals surface area contributed by atoms with Crippen LogP contribution in [0.25, 0.3) is 0 Å². The van der Waals surface area contributed by atoms with E-state index in [1.54, 1.807) is 0 Å². The third-order valence-corrected chi connectivity index (χ3v) is 5.39. The van der Waals surface area contributed by atoms with Gasteiger partial charge in [-0.25, -0.2) is 0 Å². The minimum Gasteiger partial charge on any atom is -0.342 e. The number of nitrogens with zero attached hydrogens (tertiary/aromatic N) is 1. The zero-order valence-corrected chi connectivity index (χ0v) is 10.9. The lowest BCUT2D eigenvalue weighted by atomic mass is 10.0. The Labute approximate surface area is 109 Å². The molecule has 2 aliphatic heterocycles. The topological polar surface area (TPSA) is 32.3 Å². The molecule has 2 unspecified atom stereocenters. The molecule has 96 valence electrons. The first-order chi connectivity index (χ1) is 7.84. The van der Waals surface area contributed by atoms with Gasteiger partial charge in [-0.1, -0.05) is 6.42 Å². The Morgan fingerprint density at radius 2 is 1.65 bits per heavy atom. The van der Waals surface area contributed by atoms with Crippen molar-refractivity contribution in [2.75, 3.05) is 26.2 Å². The molecule has 17 heavy (non-hydrogen) atoms. The summed E-state index contributed by atoms with van der Waals surface area (Å²) in [7, 11) is 0. The van der Waals surface area contributed by atoms with Crippen LogP contribution in [-0.2, 0) is 4.79 Å². The van der Waals surface area contributed by atoms with Crippen LogP contribution in [0.5, 0.6) is 0 Å². The van der Waals surface area contributed by atoms with Crippen LogP contribution in [0, 0.1) is 29.6 Å². The number of carbonyl (C=O) groups excluding carboxylic acids is 1. The zero-order valence-electron chi connectivity index (χ0n) is 10.1. The van der Waals surface area contributed by atoms with Crippen LogP contribution in [0.4, 0.5) is 0 Å². The molecule has 0 aromatic heterocycles. The molecule has 2 saturated carbocycles. The predicted octanol–water partition coefficient (Wildman–Crippen LogP) is 1.13. The highest BCUT2D eigenvalue weighted by molar-refractivity contribution is 5.85. The second-order valence-corrected chi connectivity index (χ2v) is 6.21. The molecule has 4 heteroatoms. The fraction of sp³-hybridized carbons (Fsp3) is 0.923. The fourth-order valence-corrected chi connectivity index (χ4v) is 4.43. The standard InChI is InChI=1S/C13H20N2O.ClH/c16-13(12-10-2-1-3-11(10)12)15-6-8-4-14-5-9(8)7-15;/h8-12,14H,1-7H2;1H/t8-,9+,10?,11?,12?;. The van der Waals surface area contributed by atoms with Crippen molar-refractivity contribution in [1.29, 1.82) is 0 Å². The Balaban J connectivity index is 0.000000902. The molecule has 1 N–H and O–H groups in total. The molecule has 4 fully saturated rings. The smallest absolute Gasteiger partial charge is 0.226 e. The van der Waals surface area contributed by atoms with Crippen LogP contribution in [0.2, 0.25) is 0 Å². The van der Waals surface area contributed by atoms with E-state index < -0.39 is 0 Å². The lowest BCUT2D eigenvalue weighted by molar-refractivity contribution is -0.132. The number of carbonyl (C=O) groups is 1. The van der Waals surface area contributed by atoms with Crippen LogP contribution >= 0.6 is 12.4 Å². The fourth-order valence-electron chi connectivity index (χ4n) is 4.43. The van der Waals surface area contributed by atoms with Gasteiger partial charge in [0.1, 0.15) is 0 Å². The lowest BCUT2D eigenvalue weighted by Crippen LogP contribution is -2.33. The molecule has 0 aromatic carbocycles. The van der Waals surface area contributed by atoms with Crippen molar-refractivity contribution in [2.45, 2.75) is 19.3 Å². The number of nitrogens with one attached hydrogen (secondary N) is 1. The predicted molar refractivity (Wildman–Crippen MR) is 68.0 cm³/mol. The van der Waals surface area contributed by atoms with Gasteiger partial charge in [0.05, 0.1) is 0 Å². The summed E-state index contributed by atoms with van der Waals surface area (Å²) in [6.07, 6.45) is 4.01. The minimum absolute atomic E-state index is 0. The molecule has 0 bridgehead atoms. The molecule has 0 radical (unpaired) electrons. The summed E-state index contributed by atoms with van der Waals surface area (Å²) in [5.41, 5.74) is 0. The molecule has 1 amide bonds. The van der Waals surface area contributed by atoms with Gasteiger partial charge in [0, 0.05) is 32.1 Å².